The molecule has 4 rings (SSSR count). The summed E-state index contributed by atoms with van der Waals surface area (Å²) in [4.78, 5) is 1.35. The van der Waals surface area contributed by atoms with Gasteiger partial charge in [0, 0.05) is 22.0 Å². The fourth-order valence-electron chi connectivity index (χ4n) is 3.08. The summed E-state index contributed by atoms with van der Waals surface area (Å²) in [6, 6.07) is 16.8. The maximum atomic E-state index is 6.52. The lowest BCUT2D eigenvalue weighted by atomic mass is 9.92. The van der Waals surface area contributed by atoms with Gasteiger partial charge >= 0.3 is 0 Å². The number of fused-ring (bicyclic) bond motifs is 2. The zero-order valence-corrected chi connectivity index (χ0v) is 12.7. The zero-order chi connectivity index (χ0) is 14.4. The number of hydrogen-bond donors (Lipinski definition) is 1. The van der Waals surface area contributed by atoms with Gasteiger partial charge in [0.2, 0.25) is 0 Å². The molecule has 0 amide bonds. The highest BCUT2D eigenvalue weighted by atomic mass is 32.2. The lowest BCUT2D eigenvalue weighted by Crippen LogP contribution is -2.19. The van der Waals surface area contributed by atoms with E-state index in [-0.39, 0.29) is 6.04 Å². The van der Waals surface area contributed by atoms with Crippen molar-refractivity contribution < 1.29 is 4.42 Å². The molecule has 0 aliphatic carbocycles. The van der Waals surface area contributed by atoms with Crippen LogP contribution >= 0.6 is 11.8 Å². The molecule has 2 unspecified atom stereocenters. The van der Waals surface area contributed by atoms with Crippen LogP contribution in [0.15, 0.2) is 57.8 Å². The SMILES string of the molecule is Cc1cccc2cc(C(N)C3CSc4ccccc43)oc12. The molecular weight excluding hydrogens is 278 g/mol. The Bertz CT molecular complexity index is 808. The van der Waals surface area contributed by atoms with Gasteiger partial charge in [-0.15, -0.1) is 11.8 Å². The molecule has 0 saturated heterocycles. The van der Waals surface area contributed by atoms with Crippen molar-refractivity contribution in [2.45, 2.75) is 23.8 Å². The first-order valence-corrected chi connectivity index (χ1v) is 8.19. The normalized spacial score (nSPS) is 18.9. The first kappa shape index (κ1) is 13.0. The van der Waals surface area contributed by atoms with Crippen LogP contribution in [0, 0.1) is 6.92 Å². The molecule has 1 aliphatic heterocycles. The number of furan rings is 1. The molecule has 0 spiro atoms. The summed E-state index contributed by atoms with van der Waals surface area (Å²) < 4.78 is 6.05. The van der Waals surface area contributed by atoms with Gasteiger partial charge in [0.1, 0.15) is 11.3 Å². The van der Waals surface area contributed by atoms with Crippen molar-refractivity contribution in [2.24, 2.45) is 5.73 Å². The van der Waals surface area contributed by atoms with Crippen LogP contribution in [-0.4, -0.2) is 5.75 Å². The number of aryl methyl sites for hydroxylation is 1. The highest BCUT2D eigenvalue weighted by Gasteiger charge is 2.30. The van der Waals surface area contributed by atoms with Crippen LogP contribution in [-0.2, 0) is 0 Å². The monoisotopic (exact) mass is 295 g/mol. The topological polar surface area (TPSA) is 39.2 Å². The molecule has 106 valence electrons. The van der Waals surface area contributed by atoms with E-state index in [1.807, 2.05) is 11.8 Å². The van der Waals surface area contributed by atoms with E-state index in [1.54, 1.807) is 0 Å². The summed E-state index contributed by atoms with van der Waals surface area (Å²) in [5, 5.41) is 1.14. The van der Waals surface area contributed by atoms with Gasteiger partial charge in [-0.25, -0.2) is 0 Å². The van der Waals surface area contributed by atoms with Gasteiger partial charge in [0.05, 0.1) is 6.04 Å². The molecule has 3 heteroatoms. The summed E-state index contributed by atoms with van der Waals surface area (Å²) in [7, 11) is 0. The Balaban J connectivity index is 1.74. The molecule has 2 heterocycles. The number of nitrogens with two attached hydrogens (primary N) is 1. The second-order valence-corrected chi connectivity index (χ2v) is 6.68. The number of thioether (sulfide) groups is 1. The van der Waals surface area contributed by atoms with Crippen LogP contribution in [0.3, 0.4) is 0 Å². The maximum Gasteiger partial charge on any atom is 0.137 e. The number of hydrogen-bond acceptors (Lipinski definition) is 3. The number of para-hydroxylation sites is 1. The van der Waals surface area contributed by atoms with Crippen LogP contribution in [0.5, 0.6) is 0 Å². The highest BCUT2D eigenvalue weighted by Crippen LogP contribution is 2.45. The summed E-state index contributed by atoms with van der Waals surface area (Å²) in [5.74, 6) is 2.24. The largest absolute Gasteiger partial charge is 0.459 e. The Morgan fingerprint density at radius 1 is 1.19 bits per heavy atom. The molecule has 0 radical (unpaired) electrons. The van der Waals surface area contributed by atoms with Gasteiger partial charge in [0.25, 0.3) is 0 Å². The first-order chi connectivity index (χ1) is 10.2. The van der Waals surface area contributed by atoms with Crippen molar-refractivity contribution >= 4 is 22.7 Å². The third-order valence-corrected chi connectivity index (χ3v) is 5.47. The van der Waals surface area contributed by atoms with Crippen molar-refractivity contribution in [1.82, 2.24) is 0 Å². The average Bonchev–Trinajstić information content (AvgIpc) is 3.11. The molecule has 1 aliphatic rings. The Morgan fingerprint density at radius 3 is 2.90 bits per heavy atom. The van der Waals surface area contributed by atoms with Crippen molar-refractivity contribution in [3.8, 4) is 0 Å². The standard InChI is InChI=1S/C18H17NOS/c1-11-5-4-6-12-9-15(20-18(11)12)17(19)14-10-21-16-8-3-2-7-13(14)16/h2-9,14,17H,10,19H2,1H3. The lowest BCUT2D eigenvalue weighted by molar-refractivity contribution is 0.460. The van der Waals surface area contributed by atoms with E-state index in [0.29, 0.717) is 5.92 Å². The van der Waals surface area contributed by atoms with Crippen LogP contribution in [0.25, 0.3) is 11.0 Å². The van der Waals surface area contributed by atoms with Crippen molar-refractivity contribution in [1.29, 1.82) is 0 Å². The summed E-state index contributed by atoms with van der Waals surface area (Å²) in [6.45, 7) is 2.07. The van der Waals surface area contributed by atoms with Crippen molar-refractivity contribution in [3.63, 3.8) is 0 Å². The van der Waals surface area contributed by atoms with Gasteiger partial charge in [-0.1, -0.05) is 36.4 Å². The zero-order valence-electron chi connectivity index (χ0n) is 11.9. The van der Waals surface area contributed by atoms with Gasteiger partial charge in [0.15, 0.2) is 0 Å². The quantitative estimate of drug-likeness (QED) is 0.749. The van der Waals surface area contributed by atoms with E-state index in [2.05, 4.69) is 55.5 Å². The minimum absolute atomic E-state index is 0.0899. The smallest absolute Gasteiger partial charge is 0.137 e. The third kappa shape index (κ3) is 2.08. The number of benzene rings is 2. The Hall–Kier alpha value is -1.71. The fraction of sp³-hybridized carbons (Fsp3) is 0.222. The predicted molar refractivity (Wildman–Crippen MR) is 87.8 cm³/mol. The van der Waals surface area contributed by atoms with Crippen LogP contribution in [0.4, 0.5) is 0 Å². The minimum atomic E-state index is -0.0899. The van der Waals surface area contributed by atoms with Gasteiger partial charge in [-0.2, -0.15) is 0 Å². The Labute approximate surface area is 128 Å². The molecule has 0 fully saturated rings. The summed E-state index contributed by atoms with van der Waals surface area (Å²) >= 11 is 1.89. The molecule has 3 aromatic rings. The van der Waals surface area contributed by atoms with E-state index >= 15 is 0 Å². The molecule has 0 saturated carbocycles. The van der Waals surface area contributed by atoms with Crippen LogP contribution < -0.4 is 5.73 Å². The van der Waals surface area contributed by atoms with E-state index in [9.17, 15) is 0 Å². The minimum Gasteiger partial charge on any atom is -0.459 e. The summed E-state index contributed by atoms with van der Waals surface area (Å²) in [6.07, 6.45) is 0. The molecule has 2 nitrogen and oxygen atoms in total. The van der Waals surface area contributed by atoms with Gasteiger partial charge in [-0.05, 0) is 30.2 Å². The molecule has 2 atom stereocenters. The predicted octanol–water partition coefficient (Wildman–Crippen LogP) is 4.63. The molecule has 2 N–H and O–H groups in total. The number of rotatable bonds is 2. The second-order valence-electron chi connectivity index (χ2n) is 5.62. The highest BCUT2D eigenvalue weighted by molar-refractivity contribution is 7.99. The van der Waals surface area contributed by atoms with E-state index in [0.717, 1.165) is 28.0 Å². The maximum absolute atomic E-state index is 6.52. The average molecular weight is 295 g/mol. The molecule has 1 aromatic heterocycles. The first-order valence-electron chi connectivity index (χ1n) is 7.20. The molecule has 0 bridgehead atoms. The Morgan fingerprint density at radius 2 is 2.05 bits per heavy atom. The fourth-order valence-corrected chi connectivity index (χ4v) is 4.38. The van der Waals surface area contributed by atoms with Gasteiger partial charge < -0.3 is 10.2 Å². The molecule has 2 aromatic carbocycles. The summed E-state index contributed by atoms with van der Waals surface area (Å²) in [5.41, 5.74) is 10.00. The second kappa shape index (κ2) is 4.93. The lowest BCUT2D eigenvalue weighted by Gasteiger charge is -2.17. The van der Waals surface area contributed by atoms with Gasteiger partial charge in [-0.3, -0.25) is 0 Å². The molecule has 21 heavy (non-hydrogen) atoms. The van der Waals surface area contributed by atoms with E-state index in [1.165, 1.54) is 10.5 Å². The molecular formula is C18H17NOS. The Kier molecular flexibility index (Phi) is 3.05. The van der Waals surface area contributed by atoms with Crippen molar-refractivity contribution in [3.05, 3.63) is 65.4 Å². The van der Waals surface area contributed by atoms with E-state index in [4.69, 9.17) is 10.2 Å². The van der Waals surface area contributed by atoms with Crippen LogP contribution in [0.1, 0.15) is 28.8 Å². The van der Waals surface area contributed by atoms with Crippen molar-refractivity contribution in [2.75, 3.05) is 5.75 Å². The third-order valence-electron chi connectivity index (χ3n) is 4.26. The van der Waals surface area contributed by atoms with Crippen LogP contribution in [0.2, 0.25) is 0 Å². The van der Waals surface area contributed by atoms with E-state index < -0.39 is 0 Å².